The van der Waals surface area contributed by atoms with Crippen LogP contribution in [-0.2, 0) is 9.59 Å². The Bertz CT molecular complexity index is 860. The van der Waals surface area contributed by atoms with E-state index in [1.54, 1.807) is 11.0 Å². The predicted octanol–water partition coefficient (Wildman–Crippen LogP) is 3.82. The van der Waals surface area contributed by atoms with E-state index in [0.29, 0.717) is 12.2 Å². The van der Waals surface area contributed by atoms with Gasteiger partial charge in [-0.15, -0.1) is 0 Å². The highest BCUT2D eigenvalue weighted by Crippen LogP contribution is 2.25. The Hall–Kier alpha value is -3.02. The standard InChI is InChI=1S/C23H27N3O3/c27-22(24-18-9-11-19(12-10-18)25-13-2-1-3-14-25)17-29-21-7-4-6-20(16-21)26-15-5-8-23(26)28/h4,6-7,9-12,16H,1-3,5,8,13-15,17H2,(H,24,27). The van der Waals surface area contributed by atoms with Crippen molar-refractivity contribution in [3.63, 3.8) is 0 Å². The minimum atomic E-state index is -0.210. The number of piperidine rings is 1. The SMILES string of the molecule is O=C(COc1cccc(N2CCCC2=O)c1)Nc1ccc(N2CCCCC2)cc1. The third kappa shape index (κ3) is 4.88. The molecule has 2 heterocycles. The first-order chi connectivity index (χ1) is 14.2. The van der Waals surface area contributed by atoms with Crippen molar-refractivity contribution >= 4 is 28.9 Å². The first-order valence-corrected chi connectivity index (χ1v) is 10.4. The van der Waals surface area contributed by atoms with Gasteiger partial charge in [0.2, 0.25) is 5.91 Å². The fourth-order valence-corrected chi connectivity index (χ4v) is 3.92. The molecule has 152 valence electrons. The van der Waals surface area contributed by atoms with Crippen LogP contribution in [0.3, 0.4) is 0 Å². The first kappa shape index (κ1) is 19.3. The second kappa shape index (κ2) is 8.99. The van der Waals surface area contributed by atoms with Crippen molar-refractivity contribution in [2.24, 2.45) is 0 Å². The molecule has 2 fully saturated rings. The molecule has 0 atom stereocenters. The van der Waals surface area contributed by atoms with Crippen LogP contribution in [0, 0.1) is 0 Å². The largest absolute Gasteiger partial charge is 0.484 e. The maximum absolute atomic E-state index is 12.3. The van der Waals surface area contributed by atoms with Gasteiger partial charge in [0.05, 0.1) is 0 Å². The molecule has 0 unspecified atom stereocenters. The van der Waals surface area contributed by atoms with Crippen LogP contribution in [0.1, 0.15) is 32.1 Å². The summed E-state index contributed by atoms with van der Waals surface area (Å²) in [5.41, 5.74) is 2.78. The summed E-state index contributed by atoms with van der Waals surface area (Å²) in [7, 11) is 0. The maximum atomic E-state index is 12.3. The number of nitrogens with zero attached hydrogens (tertiary/aromatic N) is 2. The Morgan fingerprint density at radius 1 is 0.931 bits per heavy atom. The summed E-state index contributed by atoms with van der Waals surface area (Å²) in [5, 5.41) is 2.87. The van der Waals surface area contributed by atoms with E-state index in [1.807, 2.05) is 30.3 Å². The highest BCUT2D eigenvalue weighted by atomic mass is 16.5. The van der Waals surface area contributed by atoms with Crippen LogP contribution in [0.5, 0.6) is 5.75 Å². The highest BCUT2D eigenvalue weighted by Gasteiger charge is 2.21. The zero-order valence-electron chi connectivity index (χ0n) is 16.6. The number of hydrogen-bond donors (Lipinski definition) is 1. The van der Waals surface area contributed by atoms with Crippen molar-refractivity contribution in [3.05, 3.63) is 48.5 Å². The van der Waals surface area contributed by atoms with Crippen LogP contribution in [-0.4, -0.2) is 38.1 Å². The van der Waals surface area contributed by atoms with Gasteiger partial charge >= 0.3 is 0 Å². The predicted molar refractivity (Wildman–Crippen MR) is 115 cm³/mol. The van der Waals surface area contributed by atoms with E-state index in [2.05, 4.69) is 22.3 Å². The van der Waals surface area contributed by atoms with E-state index in [9.17, 15) is 9.59 Å². The molecular formula is C23H27N3O3. The number of rotatable bonds is 6. The van der Waals surface area contributed by atoms with Crippen molar-refractivity contribution in [2.75, 3.05) is 41.4 Å². The van der Waals surface area contributed by atoms with Gasteiger partial charge < -0.3 is 19.9 Å². The average Bonchev–Trinajstić information content (AvgIpc) is 3.20. The summed E-state index contributed by atoms with van der Waals surface area (Å²) in [5.74, 6) is 0.504. The molecule has 0 aliphatic carbocycles. The van der Waals surface area contributed by atoms with Crippen molar-refractivity contribution in [3.8, 4) is 5.75 Å². The maximum Gasteiger partial charge on any atom is 0.262 e. The monoisotopic (exact) mass is 393 g/mol. The van der Waals surface area contributed by atoms with Gasteiger partial charge in [0.1, 0.15) is 5.75 Å². The van der Waals surface area contributed by atoms with Crippen molar-refractivity contribution in [2.45, 2.75) is 32.1 Å². The number of anilines is 3. The minimum absolute atomic E-state index is 0.0781. The van der Waals surface area contributed by atoms with Gasteiger partial charge in [-0.25, -0.2) is 0 Å². The number of benzene rings is 2. The lowest BCUT2D eigenvalue weighted by Crippen LogP contribution is -2.29. The van der Waals surface area contributed by atoms with Gasteiger partial charge in [0.25, 0.3) is 5.91 Å². The lowest BCUT2D eigenvalue weighted by atomic mass is 10.1. The topological polar surface area (TPSA) is 61.9 Å². The molecule has 2 aliphatic heterocycles. The Kier molecular flexibility index (Phi) is 5.98. The first-order valence-electron chi connectivity index (χ1n) is 10.4. The Labute approximate surface area is 171 Å². The fraction of sp³-hybridized carbons (Fsp3) is 0.391. The average molecular weight is 393 g/mol. The number of carbonyl (C=O) groups excluding carboxylic acids is 2. The summed E-state index contributed by atoms with van der Waals surface area (Å²) in [6, 6.07) is 15.3. The van der Waals surface area contributed by atoms with Crippen LogP contribution in [0.2, 0.25) is 0 Å². The normalized spacial score (nSPS) is 16.8. The molecule has 0 saturated carbocycles. The Balaban J connectivity index is 1.29. The van der Waals surface area contributed by atoms with Crippen LogP contribution in [0.15, 0.2) is 48.5 Å². The minimum Gasteiger partial charge on any atom is -0.484 e. The molecular weight excluding hydrogens is 366 g/mol. The van der Waals surface area contributed by atoms with Gasteiger partial charge in [-0.2, -0.15) is 0 Å². The molecule has 4 rings (SSSR count). The van der Waals surface area contributed by atoms with E-state index in [4.69, 9.17) is 4.74 Å². The zero-order chi connectivity index (χ0) is 20.1. The number of nitrogens with one attached hydrogen (secondary N) is 1. The van der Waals surface area contributed by atoms with Crippen molar-refractivity contribution in [1.29, 1.82) is 0 Å². The van der Waals surface area contributed by atoms with Crippen LogP contribution >= 0.6 is 0 Å². The number of amides is 2. The Morgan fingerprint density at radius 3 is 2.45 bits per heavy atom. The van der Waals surface area contributed by atoms with E-state index < -0.39 is 0 Å². The van der Waals surface area contributed by atoms with Crippen molar-refractivity contribution in [1.82, 2.24) is 0 Å². The third-order valence-electron chi connectivity index (χ3n) is 5.44. The van der Waals surface area contributed by atoms with Gasteiger partial charge in [-0.3, -0.25) is 9.59 Å². The zero-order valence-corrected chi connectivity index (χ0v) is 16.6. The van der Waals surface area contributed by atoms with E-state index in [1.165, 1.54) is 24.9 Å². The quantitative estimate of drug-likeness (QED) is 0.810. The molecule has 0 spiro atoms. The van der Waals surface area contributed by atoms with Crippen LogP contribution in [0.25, 0.3) is 0 Å². The summed E-state index contributed by atoms with van der Waals surface area (Å²) >= 11 is 0. The van der Waals surface area contributed by atoms with Crippen LogP contribution < -0.4 is 19.9 Å². The number of ether oxygens (including phenoxy) is 1. The second-order valence-corrected chi connectivity index (χ2v) is 7.58. The number of carbonyl (C=O) groups is 2. The summed E-state index contributed by atoms with van der Waals surface area (Å²) in [6.07, 6.45) is 5.25. The van der Waals surface area contributed by atoms with Gasteiger partial charge in [-0.05, 0) is 62.1 Å². The summed E-state index contributed by atoms with van der Waals surface area (Å²) < 4.78 is 5.64. The molecule has 2 aromatic carbocycles. The van der Waals surface area contributed by atoms with Gasteiger partial charge in [-0.1, -0.05) is 6.07 Å². The van der Waals surface area contributed by atoms with E-state index >= 15 is 0 Å². The molecule has 2 aliphatic rings. The lowest BCUT2D eigenvalue weighted by molar-refractivity contribution is -0.118. The van der Waals surface area contributed by atoms with E-state index in [-0.39, 0.29) is 18.4 Å². The van der Waals surface area contributed by atoms with Gasteiger partial charge in [0, 0.05) is 49.2 Å². The molecule has 2 aromatic rings. The fourth-order valence-electron chi connectivity index (χ4n) is 3.92. The van der Waals surface area contributed by atoms with Crippen LogP contribution in [0.4, 0.5) is 17.1 Å². The molecule has 2 saturated heterocycles. The van der Waals surface area contributed by atoms with Crippen molar-refractivity contribution < 1.29 is 14.3 Å². The molecule has 6 nitrogen and oxygen atoms in total. The summed E-state index contributed by atoms with van der Waals surface area (Å²) in [6.45, 7) is 2.85. The molecule has 1 N–H and O–H groups in total. The molecule has 2 amide bonds. The smallest absolute Gasteiger partial charge is 0.262 e. The number of hydrogen-bond acceptors (Lipinski definition) is 4. The second-order valence-electron chi connectivity index (χ2n) is 7.58. The van der Waals surface area contributed by atoms with E-state index in [0.717, 1.165) is 37.4 Å². The molecule has 29 heavy (non-hydrogen) atoms. The third-order valence-corrected chi connectivity index (χ3v) is 5.44. The summed E-state index contributed by atoms with van der Waals surface area (Å²) in [4.78, 5) is 28.3. The Morgan fingerprint density at radius 2 is 1.72 bits per heavy atom. The molecule has 0 bridgehead atoms. The highest BCUT2D eigenvalue weighted by molar-refractivity contribution is 5.95. The lowest BCUT2D eigenvalue weighted by Gasteiger charge is -2.28. The molecule has 0 aromatic heterocycles. The molecule has 0 radical (unpaired) electrons. The molecule has 6 heteroatoms. The van der Waals surface area contributed by atoms with Gasteiger partial charge in [0.15, 0.2) is 6.61 Å².